The largest absolute Gasteiger partial charge is 0.309 e. The minimum Gasteiger partial charge on any atom is -0.309 e. The summed E-state index contributed by atoms with van der Waals surface area (Å²) in [6, 6.07) is 2.45. The fraction of sp³-hybridized carbons (Fsp3) is 0.733. The minimum atomic E-state index is -3.32. The van der Waals surface area contributed by atoms with Crippen molar-refractivity contribution >= 4 is 21.4 Å². The first-order valence-electron chi connectivity index (χ1n) is 7.87. The van der Waals surface area contributed by atoms with Gasteiger partial charge in [0.15, 0.2) is 0 Å². The highest BCUT2D eigenvalue weighted by Crippen LogP contribution is 2.30. The van der Waals surface area contributed by atoms with Crippen molar-refractivity contribution in [1.29, 1.82) is 0 Å². The molecule has 1 heterocycles. The molecule has 0 spiro atoms. The molecular weight excluding hydrogens is 304 g/mol. The lowest BCUT2D eigenvalue weighted by atomic mass is 9.83. The monoisotopic (exact) mass is 328 g/mol. The average molecular weight is 329 g/mol. The molecule has 2 aliphatic carbocycles. The summed E-state index contributed by atoms with van der Waals surface area (Å²) in [5.41, 5.74) is 1.08. The Bertz CT molecular complexity index is 587. The van der Waals surface area contributed by atoms with E-state index in [2.05, 4.69) is 10.0 Å². The number of nitrogens with one attached hydrogen (secondary N) is 2. The highest BCUT2D eigenvalue weighted by atomic mass is 32.2. The molecule has 3 rings (SSSR count). The maximum absolute atomic E-state index is 12.3. The van der Waals surface area contributed by atoms with Crippen LogP contribution in [0, 0.1) is 12.8 Å². The maximum atomic E-state index is 12.3. The highest BCUT2D eigenvalue weighted by Gasteiger charge is 2.23. The van der Waals surface area contributed by atoms with Crippen LogP contribution in [0.15, 0.2) is 10.3 Å². The van der Waals surface area contributed by atoms with Gasteiger partial charge in [0.25, 0.3) is 0 Å². The van der Waals surface area contributed by atoms with Gasteiger partial charge in [-0.25, -0.2) is 13.1 Å². The van der Waals surface area contributed by atoms with Crippen LogP contribution in [0.1, 0.15) is 49.0 Å². The van der Waals surface area contributed by atoms with Crippen molar-refractivity contribution < 1.29 is 8.42 Å². The Morgan fingerprint density at radius 2 is 2.05 bits per heavy atom. The summed E-state index contributed by atoms with van der Waals surface area (Å²) >= 11 is 1.40. The van der Waals surface area contributed by atoms with E-state index in [0.29, 0.717) is 16.8 Å². The molecule has 2 fully saturated rings. The second kappa shape index (κ2) is 6.36. The second-order valence-electron chi connectivity index (χ2n) is 6.31. The standard InChI is InChI=1S/C15H24N2O2S2/c1-11-9-15(20-14(11)10-16-13-5-6-13)21(18,19)17-8-7-12-3-2-4-12/h9,12-13,16-17H,2-8,10H2,1H3. The average Bonchev–Trinajstić information content (AvgIpc) is 3.13. The number of hydrogen-bond donors (Lipinski definition) is 2. The zero-order chi connectivity index (χ0) is 14.9. The summed E-state index contributed by atoms with van der Waals surface area (Å²) < 4.78 is 27.8. The van der Waals surface area contributed by atoms with E-state index in [1.807, 2.05) is 6.92 Å². The highest BCUT2D eigenvalue weighted by molar-refractivity contribution is 7.91. The second-order valence-corrected chi connectivity index (χ2v) is 9.44. The predicted molar refractivity (Wildman–Crippen MR) is 86.1 cm³/mol. The van der Waals surface area contributed by atoms with Crippen molar-refractivity contribution in [2.45, 2.75) is 62.2 Å². The summed E-state index contributed by atoms with van der Waals surface area (Å²) in [6.07, 6.45) is 7.29. The zero-order valence-corrected chi connectivity index (χ0v) is 14.2. The fourth-order valence-electron chi connectivity index (χ4n) is 2.57. The molecule has 4 nitrogen and oxygen atoms in total. The Morgan fingerprint density at radius 3 is 2.67 bits per heavy atom. The van der Waals surface area contributed by atoms with Crippen LogP contribution in [0.5, 0.6) is 0 Å². The lowest BCUT2D eigenvalue weighted by Crippen LogP contribution is -2.27. The van der Waals surface area contributed by atoms with E-state index in [0.717, 1.165) is 29.3 Å². The first kappa shape index (κ1) is 15.5. The van der Waals surface area contributed by atoms with Crippen LogP contribution < -0.4 is 10.0 Å². The molecule has 0 aromatic carbocycles. The van der Waals surface area contributed by atoms with Crippen molar-refractivity contribution in [2.75, 3.05) is 6.54 Å². The molecule has 1 aromatic heterocycles. The first-order chi connectivity index (χ1) is 10.0. The number of rotatable bonds is 8. The summed E-state index contributed by atoms with van der Waals surface area (Å²) in [5, 5.41) is 3.45. The zero-order valence-electron chi connectivity index (χ0n) is 12.5. The molecule has 0 bridgehead atoms. The summed E-state index contributed by atoms with van der Waals surface area (Å²) in [7, 11) is -3.32. The third kappa shape index (κ3) is 4.06. The molecule has 0 unspecified atom stereocenters. The lowest BCUT2D eigenvalue weighted by Gasteiger charge is -2.24. The quantitative estimate of drug-likeness (QED) is 0.771. The van der Waals surface area contributed by atoms with E-state index in [-0.39, 0.29) is 0 Å². The normalized spacial score (nSPS) is 19.7. The van der Waals surface area contributed by atoms with Gasteiger partial charge in [-0.05, 0) is 43.7 Å². The smallest absolute Gasteiger partial charge is 0.250 e. The van der Waals surface area contributed by atoms with Crippen molar-refractivity contribution in [3.8, 4) is 0 Å². The van der Waals surface area contributed by atoms with Crippen LogP contribution in [0.25, 0.3) is 0 Å². The number of thiophene rings is 1. The van der Waals surface area contributed by atoms with Gasteiger partial charge in [-0.3, -0.25) is 0 Å². The van der Waals surface area contributed by atoms with E-state index in [9.17, 15) is 8.42 Å². The van der Waals surface area contributed by atoms with Gasteiger partial charge in [0, 0.05) is 24.0 Å². The molecule has 6 heteroatoms. The van der Waals surface area contributed by atoms with Crippen molar-refractivity contribution in [3.05, 3.63) is 16.5 Å². The number of sulfonamides is 1. The third-order valence-corrected chi connectivity index (χ3v) is 7.63. The van der Waals surface area contributed by atoms with Crippen molar-refractivity contribution in [3.63, 3.8) is 0 Å². The van der Waals surface area contributed by atoms with Gasteiger partial charge in [0.05, 0.1) is 0 Å². The Balaban J connectivity index is 1.56. The molecule has 0 atom stereocenters. The molecule has 118 valence electrons. The molecule has 0 radical (unpaired) electrons. The molecule has 2 aliphatic rings. The van der Waals surface area contributed by atoms with Gasteiger partial charge < -0.3 is 5.32 Å². The third-order valence-electron chi connectivity index (χ3n) is 4.46. The van der Waals surface area contributed by atoms with Crippen LogP contribution in [0.4, 0.5) is 0 Å². The first-order valence-corrected chi connectivity index (χ1v) is 10.2. The minimum absolute atomic E-state index is 0.459. The summed E-state index contributed by atoms with van der Waals surface area (Å²) in [5.74, 6) is 0.732. The van der Waals surface area contributed by atoms with E-state index < -0.39 is 10.0 Å². The molecule has 2 N–H and O–H groups in total. The SMILES string of the molecule is Cc1cc(S(=O)(=O)NCCC2CCC2)sc1CNC1CC1. The molecule has 1 aromatic rings. The number of hydrogen-bond acceptors (Lipinski definition) is 4. The maximum Gasteiger partial charge on any atom is 0.250 e. The molecule has 2 saturated carbocycles. The Hall–Kier alpha value is -0.430. The van der Waals surface area contributed by atoms with Crippen LogP contribution in [-0.2, 0) is 16.6 Å². The van der Waals surface area contributed by atoms with Gasteiger partial charge in [-0.1, -0.05) is 19.3 Å². The Kier molecular flexibility index (Phi) is 4.69. The van der Waals surface area contributed by atoms with Crippen LogP contribution >= 0.6 is 11.3 Å². The molecule has 0 saturated heterocycles. The van der Waals surface area contributed by atoms with E-state index in [1.54, 1.807) is 6.07 Å². The van der Waals surface area contributed by atoms with Gasteiger partial charge in [0.1, 0.15) is 4.21 Å². The lowest BCUT2D eigenvalue weighted by molar-refractivity contribution is 0.297. The van der Waals surface area contributed by atoms with Gasteiger partial charge in [-0.15, -0.1) is 11.3 Å². The van der Waals surface area contributed by atoms with Crippen LogP contribution in [-0.4, -0.2) is 21.0 Å². The van der Waals surface area contributed by atoms with E-state index >= 15 is 0 Å². The molecule has 0 aliphatic heterocycles. The Labute approximate surface area is 131 Å². The summed E-state index contributed by atoms with van der Waals surface area (Å²) in [4.78, 5) is 1.14. The topological polar surface area (TPSA) is 58.2 Å². The molecule has 0 amide bonds. The van der Waals surface area contributed by atoms with Gasteiger partial charge in [-0.2, -0.15) is 0 Å². The van der Waals surface area contributed by atoms with Crippen molar-refractivity contribution in [1.82, 2.24) is 10.0 Å². The van der Waals surface area contributed by atoms with E-state index in [4.69, 9.17) is 0 Å². The van der Waals surface area contributed by atoms with Crippen LogP contribution in [0.2, 0.25) is 0 Å². The molecule has 21 heavy (non-hydrogen) atoms. The van der Waals surface area contributed by atoms with Crippen molar-refractivity contribution in [2.24, 2.45) is 5.92 Å². The van der Waals surface area contributed by atoms with Gasteiger partial charge >= 0.3 is 0 Å². The molecular formula is C15H24N2O2S2. The fourth-order valence-corrected chi connectivity index (χ4v) is 5.20. The number of aryl methyl sites for hydroxylation is 1. The van der Waals surface area contributed by atoms with Gasteiger partial charge in [0.2, 0.25) is 10.0 Å². The van der Waals surface area contributed by atoms with Crippen LogP contribution in [0.3, 0.4) is 0 Å². The van der Waals surface area contributed by atoms with E-state index in [1.165, 1.54) is 43.4 Å². The summed E-state index contributed by atoms with van der Waals surface area (Å²) in [6.45, 7) is 3.35. The predicted octanol–water partition coefficient (Wildman–Crippen LogP) is 2.78. The Morgan fingerprint density at radius 1 is 1.29 bits per heavy atom.